The van der Waals surface area contributed by atoms with Gasteiger partial charge in [0.2, 0.25) is 5.78 Å². The number of aromatic nitrogens is 3. The van der Waals surface area contributed by atoms with Gasteiger partial charge >= 0.3 is 0 Å². The van der Waals surface area contributed by atoms with Crippen LogP contribution in [0.25, 0.3) is 10.7 Å². The predicted molar refractivity (Wildman–Crippen MR) is 96.1 cm³/mol. The molecule has 1 fully saturated rings. The van der Waals surface area contributed by atoms with Crippen LogP contribution in [-0.2, 0) is 11.3 Å². The Hall–Kier alpha value is -1.90. The van der Waals surface area contributed by atoms with Crippen molar-refractivity contribution in [1.82, 2.24) is 14.8 Å². The third-order valence-corrected chi connectivity index (χ3v) is 5.83. The highest BCUT2D eigenvalue weighted by Crippen LogP contribution is 2.29. The molecule has 1 aliphatic rings. The smallest absolute Gasteiger partial charge is 0.208 e. The summed E-state index contributed by atoms with van der Waals surface area (Å²) in [5.41, 5.74) is 0. The number of hydrogen-bond acceptors (Lipinski definition) is 7. The maximum absolute atomic E-state index is 12.2. The molecule has 4 heterocycles. The van der Waals surface area contributed by atoms with E-state index in [0.29, 0.717) is 12.3 Å². The number of nitrogens with zero attached hydrogens (tertiary/aromatic N) is 3. The molecule has 1 saturated heterocycles. The molecular formula is C17H17N3O3S2. The van der Waals surface area contributed by atoms with E-state index in [0.717, 1.165) is 35.3 Å². The van der Waals surface area contributed by atoms with Gasteiger partial charge in [0.1, 0.15) is 0 Å². The third kappa shape index (κ3) is 3.70. The van der Waals surface area contributed by atoms with Crippen LogP contribution in [-0.4, -0.2) is 39.0 Å². The molecule has 0 spiro atoms. The molecule has 3 aromatic rings. The van der Waals surface area contributed by atoms with Crippen LogP contribution in [0.15, 0.2) is 45.5 Å². The summed E-state index contributed by atoms with van der Waals surface area (Å²) >= 11 is 3.01. The SMILES string of the molecule is O=C(CSc1nnc(-c2cccs2)n1CC1CCCO1)c1ccco1. The van der Waals surface area contributed by atoms with Gasteiger partial charge in [-0.15, -0.1) is 21.5 Å². The Morgan fingerprint density at radius 2 is 2.32 bits per heavy atom. The molecule has 1 unspecified atom stereocenters. The van der Waals surface area contributed by atoms with Gasteiger partial charge in [0.15, 0.2) is 16.7 Å². The Labute approximate surface area is 153 Å². The van der Waals surface area contributed by atoms with Gasteiger partial charge < -0.3 is 9.15 Å². The van der Waals surface area contributed by atoms with Gasteiger partial charge in [-0.05, 0) is 36.4 Å². The topological polar surface area (TPSA) is 70.2 Å². The van der Waals surface area contributed by atoms with Gasteiger partial charge in [-0.25, -0.2) is 0 Å². The second-order valence-corrected chi connectivity index (χ2v) is 7.61. The highest BCUT2D eigenvalue weighted by atomic mass is 32.2. The number of carbonyl (C=O) groups is 1. The zero-order valence-corrected chi connectivity index (χ0v) is 15.1. The molecule has 6 nitrogen and oxygen atoms in total. The van der Waals surface area contributed by atoms with Gasteiger partial charge in [-0.2, -0.15) is 0 Å². The first kappa shape index (κ1) is 16.6. The lowest BCUT2D eigenvalue weighted by Gasteiger charge is -2.14. The van der Waals surface area contributed by atoms with Gasteiger partial charge in [0.05, 0.1) is 29.5 Å². The lowest BCUT2D eigenvalue weighted by molar-refractivity contribution is 0.0953. The summed E-state index contributed by atoms with van der Waals surface area (Å²) in [4.78, 5) is 13.2. The minimum absolute atomic E-state index is 0.0562. The molecule has 130 valence electrons. The van der Waals surface area contributed by atoms with Crippen molar-refractivity contribution in [2.75, 3.05) is 12.4 Å². The van der Waals surface area contributed by atoms with Crippen molar-refractivity contribution in [1.29, 1.82) is 0 Å². The van der Waals surface area contributed by atoms with Crippen molar-refractivity contribution in [3.8, 4) is 10.7 Å². The second-order valence-electron chi connectivity index (χ2n) is 5.72. The minimum Gasteiger partial charge on any atom is -0.461 e. The highest BCUT2D eigenvalue weighted by molar-refractivity contribution is 7.99. The van der Waals surface area contributed by atoms with Crippen molar-refractivity contribution in [2.45, 2.75) is 30.6 Å². The van der Waals surface area contributed by atoms with E-state index in [1.54, 1.807) is 23.5 Å². The lowest BCUT2D eigenvalue weighted by atomic mass is 10.2. The summed E-state index contributed by atoms with van der Waals surface area (Å²) in [5, 5.41) is 11.4. The summed E-state index contributed by atoms with van der Waals surface area (Å²) in [7, 11) is 0. The van der Waals surface area contributed by atoms with Gasteiger partial charge in [0.25, 0.3) is 0 Å². The molecule has 1 atom stereocenters. The molecule has 4 rings (SSSR count). The third-order valence-electron chi connectivity index (χ3n) is 4.00. The van der Waals surface area contributed by atoms with Crippen LogP contribution in [0, 0.1) is 0 Å². The average Bonchev–Trinajstić information content (AvgIpc) is 3.40. The zero-order chi connectivity index (χ0) is 17.1. The molecule has 0 aromatic carbocycles. The van der Waals surface area contributed by atoms with Crippen LogP contribution >= 0.6 is 23.1 Å². The van der Waals surface area contributed by atoms with E-state index < -0.39 is 0 Å². The maximum atomic E-state index is 12.2. The fourth-order valence-corrected chi connectivity index (χ4v) is 4.31. The summed E-state index contributed by atoms with van der Waals surface area (Å²) in [6.45, 7) is 1.51. The van der Waals surface area contributed by atoms with E-state index in [1.165, 1.54) is 18.0 Å². The van der Waals surface area contributed by atoms with E-state index >= 15 is 0 Å². The van der Waals surface area contributed by atoms with Crippen molar-refractivity contribution < 1.29 is 13.9 Å². The van der Waals surface area contributed by atoms with E-state index in [1.807, 2.05) is 17.5 Å². The predicted octanol–water partition coefficient (Wildman–Crippen LogP) is 3.75. The number of ketones is 1. The van der Waals surface area contributed by atoms with E-state index in [2.05, 4.69) is 14.8 Å². The average molecular weight is 375 g/mol. The number of furan rings is 1. The molecule has 0 bridgehead atoms. The Bertz CT molecular complexity index is 822. The molecule has 0 saturated carbocycles. The molecule has 0 N–H and O–H groups in total. The van der Waals surface area contributed by atoms with Crippen molar-refractivity contribution in [3.05, 3.63) is 41.7 Å². The van der Waals surface area contributed by atoms with Crippen LogP contribution in [0.4, 0.5) is 0 Å². The van der Waals surface area contributed by atoms with Crippen molar-refractivity contribution in [2.24, 2.45) is 0 Å². The maximum Gasteiger partial charge on any atom is 0.208 e. The number of Topliss-reactive ketones (excluding diaryl/α,β-unsaturated/α-hetero) is 1. The van der Waals surface area contributed by atoms with E-state index in [-0.39, 0.29) is 17.6 Å². The fraction of sp³-hybridized carbons (Fsp3) is 0.353. The molecule has 0 aliphatic carbocycles. The van der Waals surface area contributed by atoms with Crippen LogP contribution in [0.1, 0.15) is 23.4 Å². The van der Waals surface area contributed by atoms with Gasteiger partial charge in [-0.3, -0.25) is 9.36 Å². The van der Waals surface area contributed by atoms with Crippen LogP contribution in [0.2, 0.25) is 0 Å². The summed E-state index contributed by atoms with van der Waals surface area (Å²) in [5.74, 6) is 1.41. The molecule has 0 amide bonds. The Kier molecular flexibility index (Phi) is 5.00. The first-order valence-electron chi connectivity index (χ1n) is 8.09. The molecule has 25 heavy (non-hydrogen) atoms. The Morgan fingerprint density at radius 3 is 3.04 bits per heavy atom. The number of hydrogen-bond donors (Lipinski definition) is 0. The normalized spacial score (nSPS) is 17.2. The summed E-state index contributed by atoms with van der Waals surface area (Å²) in [6.07, 6.45) is 3.81. The fourth-order valence-electron chi connectivity index (χ4n) is 2.78. The highest BCUT2D eigenvalue weighted by Gasteiger charge is 2.23. The monoisotopic (exact) mass is 375 g/mol. The Balaban J connectivity index is 1.54. The van der Waals surface area contributed by atoms with Crippen LogP contribution < -0.4 is 0 Å². The standard InChI is InChI=1S/C17H17N3O3S2/c21-13(14-5-2-8-23-14)11-25-17-19-18-16(15-6-3-9-24-15)20(17)10-12-4-1-7-22-12/h2-3,5-6,8-9,12H,1,4,7,10-11H2. The number of ether oxygens (including phenoxy) is 1. The summed E-state index contributed by atoms with van der Waals surface area (Å²) in [6, 6.07) is 7.42. The molecule has 0 radical (unpaired) electrons. The van der Waals surface area contributed by atoms with Crippen molar-refractivity contribution >= 4 is 28.9 Å². The minimum atomic E-state index is -0.0562. The lowest BCUT2D eigenvalue weighted by Crippen LogP contribution is -2.17. The van der Waals surface area contributed by atoms with Crippen LogP contribution in [0.5, 0.6) is 0 Å². The first-order valence-corrected chi connectivity index (χ1v) is 9.96. The second kappa shape index (κ2) is 7.55. The molecule has 1 aliphatic heterocycles. The molecular weight excluding hydrogens is 358 g/mol. The van der Waals surface area contributed by atoms with E-state index in [9.17, 15) is 4.79 Å². The Morgan fingerprint density at radius 1 is 1.36 bits per heavy atom. The van der Waals surface area contributed by atoms with Gasteiger partial charge in [-0.1, -0.05) is 17.8 Å². The number of rotatable bonds is 7. The first-order chi connectivity index (χ1) is 12.3. The van der Waals surface area contributed by atoms with Gasteiger partial charge in [0, 0.05) is 6.61 Å². The number of thiophene rings is 1. The summed E-state index contributed by atoms with van der Waals surface area (Å²) < 4.78 is 13.0. The quantitative estimate of drug-likeness (QED) is 0.463. The molecule has 8 heteroatoms. The molecule has 3 aromatic heterocycles. The number of carbonyl (C=O) groups excluding carboxylic acids is 1. The number of thioether (sulfide) groups is 1. The largest absolute Gasteiger partial charge is 0.461 e. The zero-order valence-electron chi connectivity index (χ0n) is 13.5. The van der Waals surface area contributed by atoms with Crippen molar-refractivity contribution in [3.63, 3.8) is 0 Å². The van der Waals surface area contributed by atoms with E-state index in [4.69, 9.17) is 9.15 Å². The van der Waals surface area contributed by atoms with Crippen LogP contribution in [0.3, 0.4) is 0 Å².